The minimum Gasteiger partial charge on any atom is -0.459 e. The first-order valence-corrected chi connectivity index (χ1v) is 10.1. The molecule has 3 N–H and O–H groups in total. The summed E-state index contributed by atoms with van der Waals surface area (Å²) in [5.74, 6) is -0.244. The van der Waals surface area contributed by atoms with Crippen LogP contribution in [0.25, 0.3) is 21.9 Å². The van der Waals surface area contributed by atoms with E-state index < -0.39 is 5.91 Å². The summed E-state index contributed by atoms with van der Waals surface area (Å²) in [7, 11) is 0. The number of furan rings is 1. The molecule has 148 valence electrons. The first-order valence-electron chi connectivity index (χ1n) is 8.91. The highest BCUT2D eigenvalue weighted by Crippen LogP contribution is 2.35. The number of amides is 1. The first-order chi connectivity index (χ1) is 14.6. The highest BCUT2D eigenvalue weighted by atomic mass is 35.5. The van der Waals surface area contributed by atoms with Gasteiger partial charge in [-0.15, -0.1) is 0 Å². The van der Waals surface area contributed by atoms with Crippen LogP contribution in [-0.2, 0) is 0 Å². The number of para-hydroxylation sites is 1. The van der Waals surface area contributed by atoms with E-state index in [0.717, 1.165) is 10.4 Å². The number of anilines is 1. The molecule has 0 aliphatic carbocycles. The number of imidazole rings is 1. The molecule has 3 heterocycles. The number of rotatable bonds is 4. The Kier molecular flexibility index (Phi) is 4.57. The molecule has 5 aromatic rings. The van der Waals surface area contributed by atoms with Crippen molar-refractivity contribution >= 4 is 56.9 Å². The Labute approximate surface area is 178 Å². The SMILES string of the molecule is O=C(Nc1c(Cl)ccc2[nH]c(Sc3cccc4c(=O)cc[nH]c34)nc12)c1ccco1. The van der Waals surface area contributed by atoms with E-state index in [2.05, 4.69) is 20.3 Å². The van der Waals surface area contributed by atoms with Crippen molar-refractivity contribution in [2.75, 3.05) is 5.32 Å². The van der Waals surface area contributed by atoms with Crippen LogP contribution in [-0.4, -0.2) is 20.9 Å². The smallest absolute Gasteiger partial charge is 0.291 e. The summed E-state index contributed by atoms with van der Waals surface area (Å²) in [6.07, 6.45) is 3.05. The summed E-state index contributed by atoms with van der Waals surface area (Å²) in [4.78, 5) is 36.3. The lowest BCUT2D eigenvalue weighted by Gasteiger charge is -2.06. The summed E-state index contributed by atoms with van der Waals surface area (Å²) >= 11 is 7.70. The molecule has 0 saturated heterocycles. The van der Waals surface area contributed by atoms with Gasteiger partial charge in [0.2, 0.25) is 0 Å². The molecule has 0 spiro atoms. The number of aromatic amines is 2. The predicted octanol–water partition coefficient (Wildman–Crippen LogP) is 5.05. The maximum absolute atomic E-state index is 12.4. The van der Waals surface area contributed by atoms with E-state index >= 15 is 0 Å². The van der Waals surface area contributed by atoms with E-state index in [-0.39, 0.29) is 11.2 Å². The van der Waals surface area contributed by atoms with Crippen molar-refractivity contribution in [3.05, 3.63) is 82.0 Å². The fourth-order valence-electron chi connectivity index (χ4n) is 3.14. The molecule has 0 bridgehead atoms. The van der Waals surface area contributed by atoms with Gasteiger partial charge >= 0.3 is 0 Å². The van der Waals surface area contributed by atoms with Crippen molar-refractivity contribution in [2.45, 2.75) is 10.1 Å². The Morgan fingerprint density at radius 1 is 1.13 bits per heavy atom. The molecule has 1 amide bonds. The van der Waals surface area contributed by atoms with Crippen LogP contribution in [0.15, 0.2) is 80.3 Å². The molecule has 30 heavy (non-hydrogen) atoms. The normalized spacial score (nSPS) is 11.2. The number of H-pyrrole nitrogens is 2. The lowest BCUT2D eigenvalue weighted by Crippen LogP contribution is -2.11. The Morgan fingerprint density at radius 2 is 2.03 bits per heavy atom. The standard InChI is InChI=1S/C21H13ClN4O3S/c22-12-6-7-13-19(18(12)25-20(28)15-4-2-10-29-15)26-21(24-13)30-16-5-1-3-11-14(27)8-9-23-17(11)16/h1-10H,(H,23,27)(H,24,26)(H,25,28). The molecule has 0 atom stereocenters. The minimum atomic E-state index is -0.418. The van der Waals surface area contributed by atoms with Crippen molar-refractivity contribution < 1.29 is 9.21 Å². The van der Waals surface area contributed by atoms with E-state index in [0.29, 0.717) is 32.3 Å². The predicted molar refractivity (Wildman–Crippen MR) is 116 cm³/mol. The molecular weight excluding hydrogens is 424 g/mol. The molecule has 9 heteroatoms. The number of halogens is 1. The quantitative estimate of drug-likeness (QED) is 0.365. The molecule has 0 aliphatic rings. The van der Waals surface area contributed by atoms with Crippen LogP contribution in [0.4, 0.5) is 5.69 Å². The van der Waals surface area contributed by atoms with Crippen LogP contribution in [0.2, 0.25) is 5.02 Å². The van der Waals surface area contributed by atoms with Crippen molar-refractivity contribution in [3.8, 4) is 0 Å². The summed E-state index contributed by atoms with van der Waals surface area (Å²) in [5.41, 5.74) is 2.32. The van der Waals surface area contributed by atoms with E-state index in [1.165, 1.54) is 24.1 Å². The number of nitrogens with one attached hydrogen (secondary N) is 3. The van der Waals surface area contributed by atoms with Gasteiger partial charge in [0.15, 0.2) is 16.3 Å². The second-order valence-electron chi connectivity index (χ2n) is 6.41. The number of nitrogens with zero attached hydrogens (tertiary/aromatic N) is 1. The molecule has 2 aromatic carbocycles. The third kappa shape index (κ3) is 3.26. The van der Waals surface area contributed by atoms with E-state index in [1.54, 1.807) is 36.5 Å². The Balaban J connectivity index is 1.54. The van der Waals surface area contributed by atoms with Crippen molar-refractivity contribution in [3.63, 3.8) is 0 Å². The van der Waals surface area contributed by atoms with Gasteiger partial charge in [-0.25, -0.2) is 4.98 Å². The van der Waals surface area contributed by atoms with Gasteiger partial charge in [-0.3, -0.25) is 9.59 Å². The van der Waals surface area contributed by atoms with Crippen LogP contribution >= 0.6 is 23.4 Å². The van der Waals surface area contributed by atoms with E-state index in [4.69, 9.17) is 16.0 Å². The van der Waals surface area contributed by atoms with Gasteiger partial charge in [-0.1, -0.05) is 17.7 Å². The van der Waals surface area contributed by atoms with Crippen molar-refractivity contribution in [2.24, 2.45) is 0 Å². The summed E-state index contributed by atoms with van der Waals surface area (Å²) in [6.45, 7) is 0. The number of benzene rings is 2. The van der Waals surface area contributed by atoms with Gasteiger partial charge in [0, 0.05) is 22.5 Å². The van der Waals surface area contributed by atoms with Crippen LogP contribution in [0.5, 0.6) is 0 Å². The number of pyridine rings is 1. The van der Waals surface area contributed by atoms with E-state index in [1.807, 2.05) is 12.1 Å². The zero-order chi connectivity index (χ0) is 20.7. The number of fused-ring (bicyclic) bond motifs is 2. The highest BCUT2D eigenvalue weighted by Gasteiger charge is 2.17. The maximum atomic E-state index is 12.4. The minimum absolute atomic E-state index is 0.0505. The molecule has 0 aliphatic heterocycles. The molecule has 7 nitrogen and oxygen atoms in total. The van der Waals surface area contributed by atoms with Gasteiger partial charge in [0.1, 0.15) is 5.52 Å². The molecule has 0 fully saturated rings. The van der Waals surface area contributed by atoms with Crippen molar-refractivity contribution in [1.29, 1.82) is 0 Å². The first kappa shape index (κ1) is 18.5. The zero-order valence-corrected chi connectivity index (χ0v) is 16.8. The maximum Gasteiger partial charge on any atom is 0.291 e. The van der Waals surface area contributed by atoms with Gasteiger partial charge in [-0.2, -0.15) is 0 Å². The lowest BCUT2D eigenvalue weighted by molar-refractivity contribution is 0.0997. The lowest BCUT2D eigenvalue weighted by atomic mass is 10.2. The van der Waals surface area contributed by atoms with Crippen LogP contribution in [0.1, 0.15) is 10.6 Å². The Bertz CT molecular complexity index is 1460. The molecular formula is C21H13ClN4O3S. The number of hydrogen-bond acceptors (Lipinski definition) is 5. The average molecular weight is 437 g/mol. The van der Waals surface area contributed by atoms with E-state index in [9.17, 15) is 9.59 Å². The second-order valence-corrected chi connectivity index (χ2v) is 7.85. The zero-order valence-electron chi connectivity index (χ0n) is 15.2. The Hall–Kier alpha value is -3.49. The van der Waals surface area contributed by atoms with Crippen LogP contribution in [0, 0.1) is 0 Å². The molecule has 5 rings (SSSR count). The van der Waals surface area contributed by atoms with Crippen molar-refractivity contribution in [1.82, 2.24) is 15.0 Å². The average Bonchev–Trinajstić information content (AvgIpc) is 3.41. The van der Waals surface area contributed by atoms with Gasteiger partial charge in [0.05, 0.1) is 28.0 Å². The molecule has 0 radical (unpaired) electrons. The topological polar surface area (TPSA) is 104 Å². The third-order valence-corrected chi connectivity index (χ3v) is 5.79. The number of hydrogen-bond donors (Lipinski definition) is 3. The molecule has 0 unspecified atom stereocenters. The third-order valence-electron chi connectivity index (χ3n) is 4.53. The van der Waals surface area contributed by atoms with Gasteiger partial charge < -0.3 is 19.7 Å². The second kappa shape index (κ2) is 7.40. The fourth-order valence-corrected chi connectivity index (χ4v) is 4.27. The van der Waals surface area contributed by atoms with Crippen LogP contribution in [0.3, 0.4) is 0 Å². The molecule has 0 saturated carbocycles. The summed E-state index contributed by atoms with van der Waals surface area (Å²) < 4.78 is 5.14. The monoisotopic (exact) mass is 436 g/mol. The Morgan fingerprint density at radius 3 is 2.87 bits per heavy atom. The summed E-state index contributed by atoms with van der Waals surface area (Å²) in [6, 6.07) is 13.7. The van der Waals surface area contributed by atoms with Gasteiger partial charge in [0.25, 0.3) is 5.91 Å². The number of carbonyl (C=O) groups is 1. The number of aromatic nitrogens is 3. The highest BCUT2D eigenvalue weighted by molar-refractivity contribution is 7.99. The van der Waals surface area contributed by atoms with Gasteiger partial charge in [-0.05, 0) is 48.2 Å². The van der Waals surface area contributed by atoms with Crippen LogP contribution < -0.4 is 10.7 Å². The largest absolute Gasteiger partial charge is 0.459 e. The number of carbonyl (C=O) groups excluding carboxylic acids is 1. The molecule has 3 aromatic heterocycles. The summed E-state index contributed by atoms with van der Waals surface area (Å²) in [5, 5.41) is 4.33. The fraction of sp³-hybridized carbons (Fsp3) is 0.